The molecule has 1 atom stereocenters. The second-order valence-corrected chi connectivity index (χ2v) is 3.48. The first-order valence-corrected chi connectivity index (χ1v) is 4.48. The first kappa shape index (κ1) is 10.2. The number of hydrogen-bond donors (Lipinski definition) is 1. The molecule has 1 rings (SSSR count). The molecule has 0 aromatic heterocycles. The fourth-order valence-electron chi connectivity index (χ4n) is 1.02. The Bertz CT molecular complexity index is 294. The van der Waals surface area contributed by atoms with E-state index < -0.39 is 6.04 Å². The van der Waals surface area contributed by atoms with Gasteiger partial charge in [-0.3, -0.25) is 4.79 Å². The molecule has 0 aliphatic carbocycles. The number of rotatable bonds is 3. The van der Waals surface area contributed by atoms with Gasteiger partial charge in [-0.15, -0.1) is 0 Å². The van der Waals surface area contributed by atoms with Gasteiger partial charge in [0.25, 0.3) is 0 Å². The predicted molar refractivity (Wildman–Crippen MR) is 53.8 cm³/mol. The Kier molecular flexibility index (Phi) is 3.46. The summed E-state index contributed by atoms with van der Waals surface area (Å²) in [6.07, 6.45) is 0.576. The lowest BCUT2D eigenvalue weighted by Crippen LogP contribution is -2.30. The molecule has 0 radical (unpaired) electrons. The van der Waals surface area contributed by atoms with Crippen LogP contribution >= 0.6 is 11.6 Å². The maximum atomic E-state index is 10.9. The normalized spacial score (nSPS) is 12.5. The minimum absolute atomic E-state index is 0.00921. The first-order valence-electron chi connectivity index (χ1n) is 4.10. The number of carbonyl (C=O) groups excluding carboxylic acids is 1. The number of benzene rings is 1. The van der Waals surface area contributed by atoms with Crippen molar-refractivity contribution >= 4 is 17.4 Å². The van der Waals surface area contributed by atoms with E-state index in [-0.39, 0.29) is 5.78 Å². The van der Waals surface area contributed by atoms with Gasteiger partial charge < -0.3 is 5.73 Å². The second kappa shape index (κ2) is 4.40. The van der Waals surface area contributed by atoms with E-state index in [1.165, 1.54) is 6.92 Å². The fraction of sp³-hybridized carbons (Fsp3) is 0.300. The highest BCUT2D eigenvalue weighted by molar-refractivity contribution is 6.30. The summed E-state index contributed by atoms with van der Waals surface area (Å²) in [5, 5.41) is 0.695. The fourth-order valence-corrected chi connectivity index (χ4v) is 1.14. The van der Waals surface area contributed by atoms with Gasteiger partial charge in [0.1, 0.15) is 5.78 Å². The topological polar surface area (TPSA) is 43.1 Å². The zero-order valence-corrected chi connectivity index (χ0v) is 8.21. The van der Waals surface area contributed by atoms with Gasteiger partial charge in [-0.1, -0.05) is 23.7 Å². The zero-order valence-electron chi connectivity index (χ0n) is 7.46. The molecule has 0 saturated heterocycles. The summed E-state index contributed by atoms with van der Waals surface area (Å²) in [7, 11) is 0. The molecule has 0 saturated carbocycles. The van der Waals surface area contributed by atoms with Crippen LogP contribution in [0, 0.1) is 0 Å². The standard InChI is InChI=1S/C10H12ClNO/c1-7(13)10(12)6-8-2-4-9(11)5-3-8/h2-5,10H,6,12H2,1H3/t10-/m0/s1. The van der Waals surface area contributed by atoms with Crippen molar-refractivity contribution in [3.63, 3.8) is 0 Å². The van der Waals surface area contributed by atoms with E-state index in [0.29, 0.717) is 11.4 Å². The number of halogens is 1. The van der Waals surface area contributed by atoms with E-state index >= 15 is 0 Å². The highest BCUT2D eigenvalue weighted by Crippen LogP contribution is 2.10. The van der Waals surface area contributed by atoms with Crippen molar-refractivity contribution in [1.29, 1.82) is 0 Å². The molecule has 70 valence electrons. The lowest BCUT2D eigenvalue weighted by atomic mass is 10.0. The van der Waals surface area contributed by atoms with Crippen LogP contribution in [0.25, 0.3) is 0 Å². The Morgan fingerprint density at radius 1 is 1.46 bits per heavy atom. The van der Waals surface area contributed by atoms with Crippen LogP contribution in [-0.4, -0.2) is 11.8 Å². The molecule has 0 heterocycles. The van der Waals surface area contributed by atoms with Crippen LogP contribution in [0.3, 0.4) is 0 Å². The summed E-state index contributed by atoms with van der Waals surface area (Å²) < 4.78 is 0. The van der Waals surface area contributed by atoms with Crippen LogP contribution in [0.15, 0.2) is 24.3 Å². The maximum absolute atomic E-state index is 10.9. The second-order valence-electron chi connectivity index (χ2n) is 3.05. The average molecular weight is 198 g/mol. The van der Waals surface area contributed by atoms with Crippen LogP contribution in [0.4, 0.5) is 0 Å². The van der Waals surface area contributed by atoms with Crippen molar-refractivity contribution in [3.05, 3.63) is 34.9 Å². The minimum Gasteiger partial charge on any atom is -0.321 e. The lowest BCUT2D eigenvalue weighted by molar-refractivity contribution is -0.118. The van der Waals surface area contributed by atoms with Crippen molar-refractivity contribution in [2.45, 2.75) is 19.4 Å². The number of nitrogens with two attached hydrogens (primary N) is 1. The maximum Gasteiger partial charge on any atom is 0.146 e. The summed E-state index contributed by atoms with van der Waals surface area (Å²) in [5.74, 6) is 0.00921. The number of hydrogen-bond acceptors (Lipinski definition) is 2. The molecule has 2 nitrogen and oxygen atoms in total. The van der Waals surface area contributed by atoms with Gasteiger partial charge in [-0.25, -0.2) is 0 Å². The smallest absolute Gasteiger partial charge is 0.146 e. The van der Waals surface area contributed by atoms with Crippen molar-refractivity contribution in [2.75, 3.05) is 0 Å². The molecular weight excluding hydrogens is 186 g/mol. The zero-order chi connectivity index (χ0) is 9.84. The van der Waals surface area contributed by atoms with Gasteiger partial charge >= 0.3 is 0 Å². The third kappa shape index (κ3) is 3.17. The molecule has 3 heteroatoms. The van der Waals surface area contributed by atoms with E-state index in [2.05, 4.69) is 0 Å². The van der Waals surface area contributed by atoms with Crippen molar-refractivity contribution < 1.29 is 4.79 Å². The monoisotopic (exact) mass is 197 g/mol. The van der Waals surface area contributed by atoms with Gasteiger partial charge in [-0.2, -0.15) is 0 Å². The van der Waals surface area contributed by atoms with Gasteiger partial charge in [0.15, 0.2) is 0 Å². The Labute approximate surface area is 82.7 Å². The average Bonchev–Trinajstić information content (AvgIpc) is 2.08. The molecule has 0 bridgehead atoms. The first-order chi connectivity index (χ1) is 6.09. The van der Waals surface area contributed by atoms with Crippen LogP contribution in [0.2, 0.25) is 5.02 Å². The van der Waals surface area contributed by atoms with Gasteiger partial charge in [0, 0.05) is 5.02 Å². The van der Waals surface area contributed by atoms with Crippen LogP contribution in [0.5, 0.6) is 0 Å². The molecule has 0 aliphatic rings. The Balaban J connectivity index is 2.64. The van der Waals surface area contributed by atoms with Crippen molar-refractivity contribution in [1.82, 2.24) is 0 Å². The van der Waals surface area contributed by atoms with E-state index in [9.17, 15) is 4.79 Å². The molecule has 0 amide bonds. The molecule has 13 heavy (non-hydrogen) atoms. The molecule has 0 fully saturated rings. The highest BCUT2D eigenvalue weighted by Gasteiger charge is 2.08. The molecule has 1 aromatic rings. The number of ketones is 1. The Morgan fingerprint density at radius 3 is 2.46 bits per heavy atom. The quantitative estimate of drug-likeness (QED) is 0.803. The minimum atomic E-state index is -0.402. The third-order valence-corrected chi connectivity index (χ3v) is 2.14. The molecule has 1 aromatic carbocycles. The Morgan fingerprint density at radius 2 is 2.00 bits per heavy atom. The molecule has 0 aliphatic heterocycles. The molecule has 0 spiro atoms. The molecule has 0 unspecified atom stereocenters. The SMILES string of the molecule is CC(=O)[C@@H](N)Cc1ccc(Cl)cc1. The van der Waals surface area contributed by atoms with Gasteiger partial charge in [0.05, 0.1) is 6.04 Å². The summed E-state index contributed by atoms with van der Waals surface area (Å²) in [6.45, 7) is 1.50. The van der Waals surface area contributed by atoms with Crippen molar-refractivity contribution in [2.24, 2.45) is 5.73 Å². The van der Waals surface area contributed by atoms with Gasteiger partial charge in [0.2, 0.25) is 0 Å². The van der Waals surface area contributed by atoms with Crippen LogP contribution in [0.1, 0.15) is 12.5 Å². The third-order valence-electron chi connectivity index (χ3n) is 1.89. The Hall–Kier alpha value is -0.860. The van der Waals surface area contributed by atoms with Crippen LogP contribution < -0.4 is 5.73 Å². The van der Waals surface area contributed by atoms with Gasteiger partial charge in [-0.05, 0) is 31.0 Å². The van der Waals surface area contributed by atoms with E-state index in [1.807, 2.05) is 12.1 Å². The summed E-state index contributed by atoms with van der Waals surface area (Å²) in [4.78, 5) is 10.9. The van der Waals surface area contributed by atoms with Crippen LogP contribution in [-0.2, 0) is 11.2 Å². The summed E-state index contributed by atoms with van der Waals surface area (Å²) >= 11 is 5.71. The molecule has 2 N–H and O–H groups in total. The molecular formula is C10H12ClNO. The summed E-state index contributed by atoms with van der Waals surface area (Å²) in [6, 6.07) is 6.95. The highest BCUT2D eigenvalue weighted by atomic mass is 35.5. The number of Topliss-reactive ketones (excluding diaryl/α,β-unsaturated/α-hetero) is 1. The van der Waals surface area contributed by atoms with Crippen molar-refractivity contribution in [3.8, 4) is 0 Å². The van der Waals surface area contributed by atoms with E-state index in [4.69, 9.17) is 17.3 Å². The number of carbonyl (C=O) groups is 1. The largest absolute Gasteiger partial charge is 0.321 e. The lowest BCUT2D eigenvalue weighted by Gasteiger charge is -2.07. The predicted octanol–water partition coefficient (Wildman–Crippen LogP) is 1.80. The van der Waals surface area contributed by atoms with E-state index in [1.54, 1.807) is 12.1 Å². The van der Waals surface area contributed by atoms with E-state index in [0.717, 1.165) is 5.56 Å². The summed E-state index contributed by atoms with van der Waals surface area (Å²) in [5.41, 5.74) is 6.64.